The molecule has 0 spiro atoms. The van der Waals surface area contributed by atoms with Gasteiger partial charge in [0.05, 0.1) is 6.10 Å². The maximum atomic E-state index is 9.48. The summed E-state index contributed by atoms with van der Waals surface area (Å²) in [4.78, 5) is 10.7. The molecular weight excluding hydrogens is 228 g/mol. The van der Waals surface area contributed by atoms with Crippen molar-refractivity contribution in [2.24, 2.45) is 5.92 Å². The third-order valence-corrected chi connectivity index (χ3v) is 3.02. The molecule has 1 aromatic heterocycles. The summed E-state index contributed by atoms with van der Waals surface area (Å²) in [5.41, 5.74) is 1.10. The van der Waals surface area contributed by atoms with Gasteiger partial charge in [0.25, 0.3) is 0 Å². The van der Waals surface area contributed by atoms with Crippen LogP contribution in [0.5, 0.6) is 0 Å². The summed E-state index contributed by atoms with van der Waals surface area (Å²) in [5, 5.41) is 12.8. The topological polar surface area (TPSA) is 61.3 Å². The van der Waals surface area contributed by atoms with E-state index in [2.05, 4.69) is 29.1 Å². The van der Waals surface area contributed by atoms with Gasteiger partial charge < -0.3 is 15.3 Å². The summed E-state index contributed by atoms with van der Waals surface area (Å²) >= 11 is 0. The first-order valence-corrected chi connectivity index (χ1v) is 6.60. The van der Waals surface area contributed by atoms with Crippen LogP contribution in [0, 0.1) is 5.92 Å². The van der Waals surface area contributed by atoms with Gasteiger partial charge in [-0.3, -0.25) is 0 Å². The van der Waals surface area contributed by atoms with Crippen molar-refractivity contribution in [1.82, 2.24) is 15.3 Å². The van der Waals surface area contributed by atoms with Crippen LogP contribution in [-0.4, -0.2) is 40.8 Å². The van der Waals surface area contributed by atoms with Crippen LogP contribution in [0.1, 0.15) is 25.8 Å². The minimum absolute atomic E-state index is 0.235. The predicted molar refractivity (Wildman–Crippen MR) is 71.4 cm³/mol. The molecule has 1 unspecified atom stereocenters. The number of anilines is 1. The van der Waals surface area contributed by atoms with Crippen molar-refractivity contribution in [3.05, 3.63) is 18.0 Å². The lowest BCUT2D eigenvalue weighted by Gasteiger charge is -2.15. The minimum atomic E-state index is -0.235. The lowest BCUT2D eigenvalue weighted by molar-refractivity contribution is 0.198. The number of nitrogens with zero attached hydrogens (tertiary/aromatic N) is 3. The average molecular weight is 250 g/mol. The Morgan fingerprint density at radius 1 is 1.44 bits per heavy atom. The molecular formula is C13H22N4O. The van der Waals surface area contributed by atoms with Crippen molar-refractivity contribution in [2.45, 2.75) is 32.9 Å². The van der Waals surface area contributed by atoms with E-state index in [9.17, 15) is 5.11 Å². The van der Waals surface area contributed by atoms with E-state index in [1.54, 1.807) is 0 Å². The van der Waals surface area contributed by atoms with Crippen LogP contribution in [0.15, 0.2) is 12.4 Å². The van der Waals surface area contributed by atoms with Crippen LogP contribution in [0.3, 0.4) is 0 Å². The fourth-order valence-corrected chi connectivity index (χ4v) is 2.03. The van der Waals surface area contributed by atoms with Crippen LogP contribution in [0.4, 0.5) is 5.95 Å². The van der Waals surface area contributed by atoms with Gasteiger partial charge in [-0.2, -0.15) is 0 Å². The highest BCUT2D eigenvalue weighted by atomic mass is 16.3. The Morgan fingerprint density at radius 3 is 2.72 bits per heavy atom. The van der Waals surface area contributed by atoms with E-state index in [0.717, 1.165) is 37.6 Å². The smallest absolute Gasteiger partial charge is 0.225 e. The molecule has 1 fully saturated rings. The number of hydrogen-bond acceptors (Lipinski definition) is 5. The van der Waals surface area contributed by atoms with E-state index in [-0.39, 0.29) is 6.10 Å². The third-order valence-electron chi connectivity index (χ3n) is 3.02. The van der Waals surface area contributed by atoms with Crippen LogP contribution in [-0.2, 0) is 6.54 Å². The summed E-state index contributed by atoms with van der Waals surface area (Å²) in [5.74, 6) is 1.37. The number of nitrogens with one attached hydrogen (secondary N) is 1. The molecule has 0 radical (unpaired) electrons. The summed E-state index contributed by atoms with van der Waals surface area (Å²) in [6.45, 7) is 7.66. The van der Waals surface area contributed by atoms with E-state index < -0.39 is 0 Å². The number of β-amino-alcohol motifs (C(OH)–C–C–N with tert-alkyl or cyclic N) is 1. The normalized spacial score (nSPS) is 19.8. The van der Waals surface area contributed by atoms with E-state index in [1.165, 1.54) is 0 Å². The third kappa shape index (κ3) is 3.65. The molecule has 2 rings (SSSR count). The Balaban J connectivity index is 1.85. The van der Waals surface area contributed by atoms with Crippen molar-refractivity contribution >= 4 is 5.95 Å². The molecule has 18 heavy (non-hydrogen) atoms. The predicted octanol–water partition coefficient (Wildman–Crippen LogP) is 0.793. The van der Waals surface area contributed by atoms with Crippen LogP contribution in [0.25, 0.3) is 0 Å². The van der Waals surface area contributed by atoms with Gasteiger partial charge in [-0.15, -0.1) is 0 Å². The van der Waals surface area contributed by atoms with Crippen molar-refractivity contribution in [1.29, 1.82) is 0 Å². The molecule has 100 valence electrons. The summed E-state index contributed by atoms with van der Waals surface area (Å²) in [7, 11) is 0. The molecule has 5 nitrogen and oxygen atoms in total. The molecule has 1 aliphatic rings. The SMILES string of the molecule is CC(C)CNCc1cnc(N2CCC(O)C2)nc1. The molecule has 0 saturated carbocycles. The van der Waals surface area contributed by atoms with Gasteiger partial charge in [0, 0.05) is 37.6 Å². The second-order valence-corrected chi connectivity index (χ2v) is 5.30. The summed E-state index contributed by atoms with van der Waals surface area (Å²) in [6, 6.07) is 0. The standard InChI is InChI=1S/C13H22N4O/c1-10(2)5-14-6-11-7-15-13(16-8-11)17-4-3-12(18)9-17/h7-8,10,12,14,18H,3-6,9H2,1-2H3. The first kappa shape index (κ1) is 13.2. The maximum Gasteiger partial charge on any atom is 0.225 e. The molecule has 1 aliphatic heterocycles. The van der Waals surface area contributed by atoms with Crippen molar-refractivity contribution in [3.63, 3.8) is 0 Å². The molecule has 2 heterocycles. The molecule has 1 aromatic rings. The average Bonchev–Trinajstić information content (AvgIpc) is 2.76. The van der Waals surface area contributed by atoms with Gasteiger partial charge >= 0.3 is 0 Å². The van der Waals surface area contributed by atoms with Gasteiger partial charge in [-0.05, 0) is 18.9 Å². The van der Waals surface area contributed by atoms with Gasteiger partial charge in [0.15, 0.2) is 0 Å². The first-order valence-electron chi connectivity index (χ1n) is 6.60. The highest BCUT2D eigenvalue weighted by Gasteiger charge is 2.21. The Bertz CT molecular complexity index is 366. The molecule has 1 saturated heterocycles. The quantitative estimate of drug-likeness (QED) is 0.809. The lowest BCUT2D eigenvalue weighted by atomic mass is 10.2. The maximum absolute atomic E-state index is 9.48. The van der Waals surface area contributed by atoms with Gasteiger partial charge in [-0.25, -0.2) is 9.97 Å². The van der Waals surface area contributed by atoms with E-state index >= 15 is 0 Å². The van der Waals surface area contributed by atoms with E-state index in [0.29, 0.717) is 12.5 Å². The number of hydrogen-bond donors (Lipinski definition) is 2. The van der Waals surface area contributed by atoms with E-state index in [4.69, 9.17) is 0 Å². The number of aliphatic hydroxyl groups excluding tert-OH is 1. The number of rotatable bonds is 5. The Hall–Kier alpha value is -1.20. The highest BCUT2D eigenvalue weighted by molar-refractivity contribution is 5.31. The van der Waals surface area contributed by atoms with Crippen LogP contribution >= 0.6 is 0 Å². The molecule has 5 heteroatoms. The molecule has 0 aliphatic carbocycles. The van der Waals surface area contributed by atoms with Gasteiger partial charge in [-0.1, -0.05) is 13.8 Å². The zero-order valence-corrected chi connectivity index (χ0v) is 11.1. The molecule has 0 amide bonds. The second kappa shape index (κ2) is 6.11. The summed E-state index contributed by atoms with van der Waals surface area (Å²) in [6.07, 6.45) is 4.29. The minimum Gasteiger partial charge on any atom is -0.391 e. The number of aliphatic hydroxyl groups is 1. The lowest BCUT2D eigenvalue weighted by Crippen LogP contribution is -2.24. The number of aromatic nitrogens is 2. The van der Waals surface area contributed by atoms with Crippen LogP contribution < -0.4 is 10.2 Å². The summed E-state index contributed by atoms with van der Waals surface area (Å²) < 4.78 is 0. The fraction of sp³-hybridized carbons (Fsp3) is 0.692. The van der Waals surface area contributed by atoms with Crippen molar-refractivity contribution in [3.8, 4) is 0 Å². The zero-order valence-electron chi connectivity index (χ0n) is 11.1. The van der Waals surface area contributed by atoms with E-state index in [1.807, 2.05) is 17.3 Å². The van der Waals surface area contributed by atoms with Crippen molar-refractivity contribution < 1.29 is 5.11 Å². The van der Waals surface area contributed by atoms with Crippen LogP contribution in [0.2, 0.25) is 0 Å². The van der Waals surface area contributed by atoms with Gasteiger partial charge in [0.2, 0.25) is 5.95 Å². The second-order valence-electron chi connectivity index (χ2n) is 5.30. The zero-order chi connectivity index (χ0) is 13.0. The Morgan fingerprint density at radius 2 is 2.17 bits per heavy atom. The monoisotopic (exact) mass is 250 g/mol. The molecule has 2 N–H and O–H groups in total. The molecule has 0 bridgehead atoms. The van der Waals surface area contributed by atoms with Crippen molar-refractivity contribution in [2.75, 3.05) is 24.5 Å². The highest BCUT2D eigenvalue weighted by Crippen LogP contribution is 2.15. The molecule has 0 aromatic carbocycles. The fourth-order valence-electron chi connectivity index (χ4n) is 2.03. The first-order chi connectivity index (χ1) is 8.65. The Kier molecular flexibility index (Phi) is 4.49. The van der Waals surface area contributed by atoms with Gasteiger partial charge in [0.1, 0.15) is 0 Å². The molecule has 1 atom stereocenters. The largest absolute Gasteiger partial charge is 0.391 e. The Labute approximate surface area is 108 Å².